The topological polar surface area (TPSA) is 59.1 Å². The van der Waals surface area contributed by atoms with E-state index in [9.17, 15) is 4.79 Å². The Morgan fingerprint density at radius 2 is 2.45 bits per heavy atom. The Balaban J connectivity index is 0.000000187. The molecular weight excluding hydrogens is 180 g/mol. The van der Waals surface area contributed by atoms with Gasteiger partial charge < -0.3 is 14.0 Å². The van der Waals surface area contributed by atoms with E-state index in [-0.39, 0.29) is 9.76 Å². The molecule has 0 aliphatic carbocycles. The van der Waals surface area contributed by atoms with E-state index in [1.165, 1.54) is 0 Å². The summed E-state index contributed by atoms with van der Waals surface area (Å²) in [4.78, 5) is 9.25. The van der Waals surface area contributed by atoms with Gasteiger partial charge in [0.25, 0.3) is 0 Å². The van der Waals surface area contributed by atoms with Crippen molar-refractivity contribution in [3.8, 4) is 0 Å². The monoisotopic (exact) mass is 192 g/mol. The highest BCUT2D eigenvalue weighted by Crippen LogP contribution is 2.04. The molecule has 1 rings (SSSR count). The highest BCUT2D eigenvalue weighted by atomic mass is 28.3. The maximum Gasteiger partial charge on any atom is 0.327 e. The molecule has 1 aliphatic rings. The average molecular weight is 192 g/mol. The van der Waals surface area contributed by atoms with Crippen molar-refractivity contribution in [3.05, 3.63) is 12.7 Å². The van der Waals surface area contributed by atoms with Crippen LogP contribution in [0.3, 0.4) is 0 Å². The summed E-state index contributed by atoms with van der Waals surface area (Å²) in [6.45, 7) is 3.94. The Kier molecular flexibility index (Phi) is 6.04. The van der Waals surface area contributed by atoms with Crippen LogP contribution in [0.15, 0.2) is 12.7 Å². The van der Waals surface area contributed by atoms with Crippen molar-refractivity contribution >= 4 is 26.2 Å². The number of epoxide rings is 1. The van der Waals surface area contributed by atoms with Gasteiger partial charge in [-0.25, -0.2) is 4.79 Å². The first-order valence-corrected chi connectivity index (χ1v) is 5.37. The first-order valence-electron chi connectivity index (χ1n) is 3.16. The third-order valence-electron chi connectivity index (χ3n) is 0.930. The van der Waals surface area contributed by atoms with Crippen LogP contribution in [0.1, 0.15) is 0 Å². The minimum atomic E-state index is -0.981. The molecule has 1 heterocycles. The molecule has 1 saturated heterocycles. The van der Waals surface area contributed by atoms with Crippen molar-refractivity contribution in [2.45, 2.75) is 5.73 Å². The van der Waals surface area contributed by atoms with Gasteiger partial charge in [0, 0.05) is 6.08 Å². The highest BCUT2D eigenvalue weighted by Gasteiger charge is 2.21. The summed E-state index contributed by atoms with van der Waals surface area (Å²) in [7, 11) is 0.716. The van der Waals surface area contributed by atoms with E-state index in [1.807, 2.05) is 0 Å². The Labute approximate surface area is 70.7 Å². The predicted octanol–water partition coefficient (Wildman–Crippen LogP) is -2.02. The Hall–Kier alpha value is -0.436. The molecule has 0 radical (unpaired) electrons. The van der Waals surface area contributed by atoms with Gasteiger partial charge in [-0.2, -0.15) is 0 Å². The highest BCUT2D eigenvalue weighted by molar-refractivity contribution is 6.36. The zero-order chi connectivity index (χ0) is 8.69. The smallest absolute Gasteiger partial charge is 0.327 e. The van der Waals surface area contributed by atoms with Crippen molar-refractivity contribution in [1.82, 2.24) is 0 Å². The van der Waals surface area contributed by atoms with Gasteiger partial charge in [0.1, 0.15) is 10.5 Å². The largest absolute Gasteiger partial charge is 0.478 e. The molecule has 0 saturated carbocycles. The van der Waals surface area contributed by atoms with E-state index in [4.69, 9.17) is 14.0 Å². The van der Waals surface area contributed by atoms with Gasteiger partial charge >= 0.3 is 5.97 Å². The minimum Gasteiger partial charge on any atom is -0.478 e. The first-order chi connectivity index (χ1) is 5.20. The number of ether oxygens (including phenoxy) is 1. The van der Waals surface area contributed by atoms with E-state index in [0.717, 1.165) is 23.2 Å². The van der Waals surface area contributed by atoms with Crippen LogP contribution in [0, 0.1) is 0 Å². The van der Waals surface area contributed by atoms with Crippen LogP contribution in [0.5, 0.6) is 0 Å². The third-order valence-corrected chi connectivity index (χ3v) is 3.11. The molecule has 0 aromatic rings. The van der Waals surface area contributed by atoms with E-state index in [1.54, 1.807) is 0 Å². The molecule has 4 nitrogen and oxygen atoms in total. The van der Waals surface area contributed by atoms with Gasteiger partial charge in [-0.1, -0.05) is 6.58 Å². The fourth-order valence-electron chi connectivity index (χ4n) is 0.350. The summed E-state index contributed by atoms with van der Waals surface area (Å²) in [5, 5.41) is 7.60. The molecule has 0 aromatic heterocycles. The summed E-state index contributed by atoms with van der Waals surface area (Å²) in [6.07, 6.45) is 0.833. The zero-order valence-electron chi connectivity index (χ0n) is 6.45. The van der Waals surface area contributed by atoms with E-state index >= 15 is 0 Å². The molecular formula is C5H12O4Si2. The second-order valence-electron chi connectivity index (χ2n) is 1.95. The van der Waals surface area contributed by atoms with E-state index < -0.39 is 5.97 Å². The quantitative estimate of drug-likeness (QED) is 0.319. The number of carboxylic acid groups (broad SMARTS) is 1. The van der Waals surface area contributed by atoms with Crippen LogP contribution in [-0.4, -0.2) is 43.7 Å². The Morgan fingerprint density at radius 3 is 2.55 bits per heavy atom. The van der Waals surface area contributed by atoms with E-state index in [0.29, 0.717) is 5.73 Å². The Bertz CT molecular complexity index is 134. The summed E-state index contributed by atoms with van der Waals surface area (Å²) in [5.74, 6) is -0.981. The lowest BCUT2D eigenvalue weighted by molar-refractivity contribution is -0.131. The van der Waals surface area contributed by atoms with Gasteiger partial charge in [-0.05, 0) is 0 Å². The van der Waals surface area contributed by atoms with Crippen molar-refractivity contribution in [2.24, 2.45) is 0 Å². The fourth-order valence-corrected chi connectivity index (χ4v) is 2.17. The van der Waals surface area contributed by atoms with Crippen molar-refractivity contribution < 1.29 is 18.8 Å². The molecule has 1 aliphatic heterocycles. The maximum atomic E-state index is 9.25. The number of carboxylic acids is 1. The van der Waals surface area contributed by atoms with Gasteiger partial charge in [-0.3, -0.25) is 0 Å². The molecule has 1 atom stereocenters. The minimum absolute atomic E-state index is 0.193. The SMILES string of the molecule is C=CC(=O)O.[SiH3]O[SiH2]C1CO1. The van der Waals surface area contributed by atoms with Gasteiger partial charge in [0.15, 0.2) is 9.76 Å². The summed E-state index contributed by atoms with van der Waals surface area (Å²) in [6, 6.07) is 0. The fraction of sp³-hybridized carbons (Fsp3) is 0.400. The number of hydrogen-bond donors (Lipinski definition) is 1. The van der Waals surface area contributed by atoms with Crippen molar-refractivity contribution in [1.29, 1.82) is 0 Å². The van der Waals surface area contributed by atoms with Crippen LogP contribution >= 0.6 is 0 Å². The normalized spacial score (nSPS) is 20.9. The average Bonchev–Trinajstić information content (AvgIpc) is 2.74. The van der Waals surface area contributed by atoms with E-state index in [2.05, 4.69) is 6.58 Å². The van der Waals surface area contributed by atoms with Crippen LogP contribution < -0.4 is 0 Å². The van der Waals surface area contributed by atoms with Crippen molar-refractivity contribution in [3.63, 3.8) is 0 Å². The molecule has 0 amide bonds. The zero-order valence-corrected chi connectivity index (χ0v) is 9.86. The Morgan fingerprint density at radius 1 is 2.00 bits per heavy atom. The molecule has 1 unspecified atom stereocenters. The van der Waals surface area contributed by atoms with Crippen LogP contribution in [0.2, 0.25) is 0 Å². The molecule has 6 heteroatoms. The van der Waals surface area contributed by atoms with Crippen LogP contribution in [-0.2, 0) is 13.6 Å². The van der Waals surface area contributed by atoms with Crippen molar-refractivity contribution in [2.75, 3.05) is 6.61 Å². The predicted molar refractivity (Wildman–Crippen MR) is 47.1 cm³/mol. The maximum absolute atomic E-state index is 9.25. The van der Waals surface area contributed by atoms with Gasteiger partial charge in [-0.15, -0.1) is 0 Å². The van der Waals surface area contributed by atoms with Gasteiger partial charge in [0.05, 0.1) is 12.3 Å². The number of carbonyl (C=O) groups is 1. The molecule has 0 aromatic carbocycles. The summed E-state index contributed by atoms with van der Waals surface area (Å²) < 4.78 is 9.93. The lowest BCUT2D eigenvalue weighted by Gasteiger charge is -1.84. The van der Waals surface area contributed by atoms with Gasteiger partial charge in [0.2, 0.25) is 0 Å². The third kappa shape index (κ3) is 9.56. The van der Waals surface area contributed by atoms with Crippen LogP contribution in [0.4, 0.5) is 0 Å². The lowest BCUT2D eigenvalue weighted by atomic mass is 10.7. The summed E-state index contributed by atoms with van der Waals surface area (Å²) in [5.41, 5.74) is 0.600. The molecule has 11 heavy (non-hydrogen) atoms. The molecule has 1 fully saturated rings. The molecule has 64 valence electrons. The summed E-state index contributed by atoms with van der Waals surface area (Å²) >= 11 is 0. The standard InChI is InChI=1S/C3H4O2.C2H8O2Si2/c1-2-3(4)5;5-4-6-2-1-3-2/h2H,1H2,(H,4,5);2H,1,6H2,5H3. The molecule has 0 spiro atoms. The molecule has 1 N–H and O–H groups in total. The second kappa shape index (κ2) is 6.29. The number of hydrogen-bond acceptors (Lipinski definition) is 3. The second-order valence-corrected chi connectivity index (χ2v) is 5.51. The number of rotatable bonds is 3. The molecule has 0 bridgehead atoms. The van der Waals surface area contributed by atoms with Crippen LogP contribution in [0.25, 0.3) is 0 Å². The first kappa shape index (κ1) is 10.6. The number of aliphatic carboxylic acids is 1. The lowest BCUT2D eigenvalue weighted by Crippen LogP contribution is -2.02.